The van der Waals surface area contributed by atoms with E-state index in [1.165, 1.54) is 17.8 Å². The molecule has 1 saturated heterocycles. The van der Waals surface area contributed by atoms with Crippen LogP contribution in [0.25, 0.3) is 22.2 Å². The lowest BCUT2D eigenvalue weighted by molar-refractivity contribution is 0.0724. The molecule has 1 amide bonds. The molecule has 0 aliphatic carbocycles. The van der Waals surface area contributed by atoms with Crippen LogP contribution in [0.5, 0.6) is 0 Å². The second kappa shape index (κ2) is 6.99. The third-order valence-corrected chi connectivity index (χ3v) is 5.60. The zero-order chi connectivity index (χ0) is 18.1. The first-order chi connectivity index (χ1) is 12.6. The summed E-state index contributed by atoms with van der Waals surface area (Å²) in [7, 11) is 0. The van der Waals surface area contributed by atoms with Crippen LogP contribution in [0.3, 0.4) is 0 Å². The first-order valence-corrected chi connectivity index (χ1v) is 9.61. The van der Waals surface area contributed by atoms with Gasteiger partial charge in [-0.05, 0) is 45.2 Å². The highest BCUT2D eigenvalue weighted by atomic mass is 32.1. The van der Waals surface area contributed by atoms with Crippen molar-refractivity contribution in [2.45, 2.75) is 33.1 Å². The second-order valence-corrected chi connectivity index (χ2v) is 7.71. The summed E-state index contributed by atoms with van der Waals surface area (Å²) in [4.78, 5) is 24.4. The summed E-state index contributed by atoms with van der Waals surface area (Å²) in [5, 5.41) is 5.06. The summed E-state index contributed by atoms with van der Waals surface area (Å²) < 4.78 is 5.43. The smallest absolute Gasteiger partial charge is 0.270 e. The van der Waals surface area contributed by atoms with Gasteiger partial charge in [0.1, 0.15) is 4.88 Å². The summed E-state index contributed by atoms with van der Waals surface area (Å²) in [5.41, 5.74) is 2.33. The van der Waals surface area contributed by atoms with E-state index in [2.05, 4.69) is 15.1 Å². The molecule has 0 spiro atoms. The maximum atomic E-state index is 12.7. The van der Waals surface area contributed by atoms with Crippen molar-refractivity contribution in [3.8, 4) is 22.2 Å². The molecule has 0 bridgehead atoms. The number of amides is 1. The maximum absolute atomic E-state index is 12.7. The highest BCUT2D eigenvalue weighted by Gasteiger charge is 2.20. The van der Waals surface area contributed by atoms with Crippen LogP contribution in [0.4, 0.5) is 0 Å². The molecule has 26 heavy (non-hydrogen) atoms. The summed E-state index contributed by atoms with van der Waals surface area (Å²) in [5.74, 6) is 1.03. The number of hydrogen-bond donors (Lipinski definition) is 0. The Morgan fingerprint density at radius 1 is 1.15 bits per heavy atom. The molecule has 0 radical (unpaired) electrons. The van der Waals surface area contributed by atoms with Crippen molar-refractivity contribution in [3.63, 3.8) is 0 Å². The van der Waals surface area contributed by atoms with E-state index in [1.807, 2.05) is 43.0 Å². The normalized spacial score (nSPS) is 14.6. The number of nitrogens with zero attached hydrogens (tertiary/aromatic N) is 4. The Kier molecular flexibility index (Phi) is 4.55. The fraction of sp³-hybridized carbons (Fsp3) is 0.368. The van der Waals surface area contributed by atoms with Gasteiger partial charge in [-0.1, -0.05) is 17.3 Å². The fourth-order valence-corrected chi connectivity index (χ4v) is 4.08. The van der Waals surface area contributed by atoms with Gasteiger partial charge in [0.15, 0.2) is 0 Å². The molecule has 0 saturated carbocycles. The Labute approximate surface area is 155 Å². The second-order valence-electron chi connectivity index (χ2n) is 6.50. The van der Waals surface area contributed by atoms with Crippen LogP contribution >= 0.6 is 11.3 Å². The Hall–Kier alpha value is -2.54. The van der Waals surface area contributed by atoms with Crippen molar-refractivity contribution in [1.82, 2.24) is 20.0 Å². The van der Waals surface area contributed by atoms with Crippen LogP contribution in [0.2, 0.25) is 0 Å². The Balaban J connectivity index is 1.61. The molecule has 1 aliphatic heterocycles. The first kappa shape index (κ1) is 16.9. The average molecular weight is 368 g/mol. The van der Waals surface area contributed by atoms with Crippen molar-refractivity contribution in [3.05, 3.63) is 40.5 Å². The first-order valence-electron chi connectivity index (χ1n) is 8.79. The molecule has 0 N–H and O–H groups in total. The van der Waals surface area contributed by atoms with Crippen molar-refractivity contribution in [2.75, 3.05) is 13.1 Å². The van der Waals surface area contributed by atoms with E-state index in [9.17, 15) is 4.79 Å². The van der Waals surface area contributed by atoms with Crippen molar-refractivity contribution in [2.24, 2.45) is 0 Å². The lowest BCUT2D eigenvalue weighted by atomic mass is 10.1. The summed E-state index contributed by atoms with van der Waals surface area (Å²) >= 11 is 1.53. The van der Waals surface area contributed by atoms with E-state index >= 15 is 0 Å². The molecule has 0 atom stereocenters. The molecule has 3 aromatic rings. The number of carbonyl (C=O) groups is 1. The highest BCUT2D eigenvalue weighted by Crippen LogP contribution is 2.30. The topological polar surface area (TPSA) is 72.1 Å². The monoisotopic (exact) mass is 368 g/mol. The van der Waals surface area contributed by atoms with Gasteiger partial charge < -0.3 is 9.42 Å². The molecule has 3 heterocycles. The summed E-state index contributed by atoms with van der Waals surface area (Å²) in [6, 6.07) is 7.45. The van der Waals surface area contributed by atoms with E-state index < -0.39 is 0 Å². The minimum Gasteiger partial charge on any atom is -0.339 e. The predicted octanol–water partition coefficient (Wildman–Crippen LogP) is 4.10. The van der Waals surface area contributed by atoms with E-state index in [0.29, 0.717) is 17.3 Å². The molecular formula is C19H20N4O2S. The van der Waals surface area contributed by atoms with Gasteiger partial charge in [-0.2, -0.15) is 4.98 Å². The maximum Gasteiger partial charge on any atom is 0.270 e. The number of aryl methyl sites for hydroxylation is 2. The Morgan fingerprint density at radius 2 is 1.96 bits per heavy atom. The summed E-state index contributed by atoms with van der Waals surface area (Å²) in [6.07, 6.45) is 3.35. The van der Waals surface area contributed by atoms with Gasteiger partial charge >= 0.3 is 0 Å². The van der Waals surface area contributed by atoms with Gasteiger partial charge in [0.25, 0.3) is 11.8 Å². The molecule has 2 aromatic heterocycles. The predicted molar refractivity (Wildman–Crippen MR) is 100 cm³/mol. The van der Waals surface area contributed by atoms with E-state index in [1.54, 1.807) is 0 Å². The molecule has 134 valence electrons. The number of aromatic nitrogens is 3. The molecular weight excluding hydrogens is 348 g/mol. The van der Waals surface area contributed by atoms with E-state index in [0.717, 1.165) is 47.1 Å². The van der Waals surface area contributed by atoms with Gasteiger partial charge in [0.05, 0.1) is 10.7 Å². The van der Waals surface area contributed by atoms with Gasteiger partial charge in [-0.15, -0.1) is 11.3 Å². The standard InChI is InChI=1S/C19H20N4O2S/c1-12-16(26-13(2)20-12)18-21-17(22-25-18)14-7-6-8-15(11-14)19(24)23-9-4-3-5-10-23/h6-8,11H,3-5,9-10H2,1-2H3. The molecule has 1 aliphatic rings. The number of carbonyl (C=O) groups excluding carboxylic acids is 1. The molecule has 6 nitrogen and oxygen atoms in total. The number of hydrogen-bond acceptors (Lipinski definition) is 6. The summed E-state index contributed by atoms with van der Waals surface area (Å²) in [6.45, 7) is 5.55. The number of likely N-dealkylation sites (tertiary alicyclic amines) is 1. The van der Waals surface area contributed by atoms with Gasteiger partial charge in [-0.3, -0.25) is 4.79 Å². The molecule has 1 fully saturated rings. The van der Waals surface area contributed by atoms with Gasteiger partial charge in [0.2, 0.25) is 5.82 Å². The van der Waals surface area contributed by atoms with Crippen molar-refractivity contribution >= 4 is 17.2 Å². The number of piperidine rings is 1. The zero-order valence-electron chi connectivity index (χ0n) is 14.9. The fourth-order valence-electron chi connectivity index (χ4n) is 3.23. The van der Waals surface area contributed by atoms with Crippen LogP contribution < -0.4 is 0 Å². The zero-order valence-corrected chi connectivity index (χ0v) is 15.7. The minimum absolute atomic E-state index is 0.0733. The Bertz CT molecular complexity index is 941. The van der Waals surface area contributed by atoms with Crippen LogP contribution in [-0.2, 0) is 0 Å². The molecule has 4 rings (SSSR count). The largest absolute Gasteiger partial charge is 0.339 e. The van der Waals surface area contributed by atoms with Crippen LogP contribution in [0.15, 0.2) is 28.8 Å². The molecule has 0 unspecified atom stereocenters. The van der Waals surface area contributed by atoms with Crippen LogP contribution in [0, 0.1) is 13.8 Å². The van der Waals surface area contributed by atoms with E-state index in [-0.39, 0.29) is 5.91 Å². The third kappa shape index (κ3) is 3.26. The minimum atomic E-state index is 0.0733. The molecule has 7 heteroatoms. The SMILES string of the molecule is Cc1nc(C)c(-c2nc(-c3cccc(C(=O)N4CCCCC4)c3)no2)s1. The third-order valence-electron chi connectivity index (χ3n) is 4.53. The number of rotatable bonds is 3. The van der Waals surface area contributed by atoms with E-state index in [4.69, 9.17) is 4.52 Å². The number of benzene rings is 1. The number of thiazole rings is 1. The average Bonchev–Trinajstić information content (AvgIpc) is 3.28. The van der Waals surface area contributed by atoms with Crippen molar-refractivity contribution in [1.29, 1.82) is 0 Å². The quantitative estimate of drug-likeness (QED) is 0.696. The lowest BCUT2D eigenvalue weighted by Crippen LogP contribution is -2.35. The van der Waals surface area contributed by atoms with Gasteiger partial charge in [-0.25, -0.2) is 4.98 Å². The van der Waals surface area contributed by atoms with Gasteiger partial charge in [0, 0.05) is 24.2 Å². The lowest BCUT2D eigenvalue weighted by Gasteiger charge is -2.26. The van der Waals surface area contributed by atoms with Crippen LogP contribution in [-0.4, -0.2) is 39.0 Å². The Morgan fingerprint density at radius 3 is 2.69 bits per heavy atom. The van der Waals surface area contributed by atoms with Crippen molar-refractivity contribution < 1.29 is 9.32 Å². The molecule has 1 aromatic carbocycles. The highest BCUT2D eigenvalue weighted by molar-refractivity contribution is 7.15. The van der Waals surface area contributed by atoms with Crippen LogP contribution in [0.1, 0.15) is 40.3 Å².